The maximum atomic E-state index is 13.2. The zero-order chi connectivity index (χ0) is 36.1. The van der Waals surface area contributed by atoms with Crippen LogP contribution in [-0.2, 0) is 14.3 Å². The van der Waals surface area contributed by atoms with Gasteiger partial charge in [0, 0.05) is 12.0 Å². The standard InChI is InChI=1S/C44H58O7/c1-3-4-5-14-19-34(2)50-43(46)37-24-27-39(28-25-37)51-44(47)38-26-29-40(36-20-15-13-16-21-36)41(33-38)48-30-17-11-9-7-6-8-10-12-18-31-49-42(45)32-35-22-23-35/h13,15-16,20-21,24-29,33-35H,3-12,14,17-19,22-23,30-32H2,1-2H3. The number of hydrogen-bond acceptors (Lipinski definition) is 7. The van der Waals surface area contributed by atoms with Crippen LogP contribution in [0.4, 0.5) is 0 Å². The molecule has 1 saturated carbocycles. The third kappa shape index (κ3) is 15.3. The van der Waals surface area contributed by atoms with E-state index in [0.717, 1.165) is 62.5 Å². The summed E-state index contributed by atoms with van der Waals surface area (Å²) < 4.78 is 22.9. The van der Waals surface area contributed by atoms with Crippen molar-refractivity contribution in [3.63, 3.8) is 0 Å². The maximum Gasteiger partial charge on any atom is 0.343 e. The van der Waals surface area contributed by atoms with Gasteiger partial charge >= 0.3 is 17.9 Å². The zero-order valence-electron chi connectivity index (χ0n) is 30.9. The summed E-state index contributed by atoms with van der Waals surface area (Å²) in [6.45, 7) is 5.22. The lowest BCUT2D eigenvalue weighted by Crippen LogP contribution is -2.15. The van der Waals surface area contributed by atoms with Gasteiger partial charge in [-0.2, -0.15) is 0 Å². The molecule has 51 heavy (non-hydrogen) atoms. The third-order valence-electron chi connectivity index (χ3n) is 9.34. The summed E-state index contributed by atoms with van der Waals surface area (Å²) in [5.41, 5.74) is 2.75. The largest absolute Gasteiger partial charge is 0.493 e. The van der Waals surface area contributed by atoms with Crippen LogP contribution >= 0.6 is 0 Å². The molecular formula is C44H58O7. The Morgan fingerprint density at radius 3 is 1.98 bits per heavy atom. The maximum absolute atomic E-state index is 13.2. The number of rotatable bonds is 25. The van der Waals surface area contributed by atoms with Gasteiger partial charge in [0.25, 0.3) is 0 Å². The number of esters is 3. The number of carbonyl (C=O) groups excluding carboxylic acids is 3. The highest BCUT2D eigenvalue weighted by molar-refractivity contribution is 5.93. The minimum atomic E-state index is -0.495. The minimum Gasteiger partial charge on any atom is -0.493 e. The summed E-state index contributed by atoms with van der Waals surface area (Å²) >= 11 is 0. The first-order valence-electron chi connectivity index (χ1n) is 19.4. The summed E-state index contributed by atoms with van der Waals surface area (Å²) in [5, 5.41) is 0. The molecule has 7 nitrogen and oxygen atoms in total. The lowest BCUT2D eigenvalue weighted by atomic mass is 10.0. The average molecular weight is 699 g/mol. The van der Waals surface area contributed by atoms with Crippen LogP contribution in [0.5, 0.6) is 11.5 Å². The molecular weight excluding hydrogens is 640 g/mol. The number of ether oxygens (including phenoxy) is 4. The van der Waals surface area contributed by atoms with Crippen LogP contribution in [0.3, 0.4) is 0 Å². The molecule has 276 valence electrons. The lowest BCUT2D eigenvalue weighted by molar-refractivity contribution is -0.144. The van der Waals surface area contributed by atoms with Gasteiger partial charge in [-0.15, -0.1) is 0 Å². The SMILES string of the molecule is CCCCCCC(C)OC(=O)c1ccc(OC(=O)c2ccc(-c3ccccc3)c(OCCCCCCCCCCCOC(=O)CC3CC3)c2)cc1. The van der Waals surface area contributed by atoms with Crippen molar-refractivity contribution in [2.24, 2.45) is 5.92 Å². The summed E-state index contributed by atoms with van der Waals surface area (Å²) in [5.74, 6) is 0.698. The molecule has 0 heterocycles. The number of benzene rings is 3. The molecule has 0 N–H and O–H groups in total. The molecule has 1 unspecified atom stereocenters. The van der Waals surface area contributed by atoms with Crippen LogP contribution in [0.25, 0.3) is 11.1 Å². The van der Waals surface area contributed by atoms with Crippen molar-refractivity contribution in [2.45, 2.75) is 129 Å². The first-order chi connectivity index (χ1) is 24.9. The van der Waals surface area contributed by atoms with Crippen LogP contribution in [0.15, 0.2) is 72.8 Å². The highest BCUT2D eigenvalue weighted by Crippen LogP contribution is 2.33. The Kier molecular flexibility index (Phi) is 17.6. The highest BCUT2D eigenvalue weighted by atomic mass is 16.5. The predicted octanol–water partition coefficient (Wildman–Crippen LogP) is 11.3. The fourth-order valence-corrected chi connectivity index (χ4v) is 6.04. The first-order valence-corrected chi connectivity index (χ1v) is 19.4. The monoisotopic (exact) mass is 698 g/mol. The van der Waals surface area contributed by atoms with E-state index in [2.05, 4.69) is 6.92 Å². The molecule has 4 rings (SSSR count). The average Bonchev–Trinajstić information content (AvgIpc) is 3.96. The summed E-state index contributed by atoms with van der Waals surface area (Å²) in [6.07, 6.45) is 18.3. The molecule has 1 aliphatic carbocycles. The highest BCUT2D eigenvalue weighted by Gasteiger charge is 2.25. The fourth-order valence-electron chi connectivity index (χ4n) is 6.04. The fraction of sp³-hybridized carbons (Fsp3) is 0.523. The van der Waals surface area contributed by atoms with E-state index in [0.29, 0.717) is 48.2 Å². The quantitative estimate of drug-likeness (QED) is 0.0494. The summed E-state index contributed by atoms with van der Waals surface area (Å²) in [6, 6.07) is 21.9. The molecule has 3 aromatic rings. The van der Waals surface area contributed by atoms with Crippen molar-refractivity contribution in [2.75, 3.05) is 13.2 Å². The number of hydrogen-bond donors (Lipinski definition) is 0. The lowest BCUT2D eigenvalue weighted by Gasteiger charge is -2.14. The van der Waals surface area contributed by atoms with E-state index >= 15 is 0 Å². The topological polar surface area (TPSA) is 88.1 Å². The Morgan fingerprint density at radius 1 is 0.686 bits per heavy atom. The van der Waals surface area contributed by atoms with Crippen molar-refractivity contribution >= 4 is 17.9 Å². The van der Waals surface area contributed by atoms with Gasteiger partial charge < -0.3 is 18.9 Å². The molecule has 1 atom stereocenters. The van der Waals surface area contributed by atoms with Gasteiger partial charge in [0.15, 0.2) is 0 Å². The normalized spacial score (nSPS) is 13.0. The van der Waals surface area contributed by atoms with Gasteiger partial charge in [0.05, 0.1) is 30.4 Å². The molecule has 0 amide bonds. The molecule has 7 heteroatoms. The molecule has 3 aromatic carbocycles. The van der Waals surface area contributed by atoms with Crippen molar-refractivity contribution in [1.29, 1.82) is 0 Å². The van der Waals surface area contributed by atoms with Crippen molar-refractivity contribution in [1.82, 2.24) is 0 Å². The van der Waals surface area contributed by atoms with Crippen molar-refractivity contribution in [3.8, 4) is 22.6 Å². The van der Waals surface area contributed by atoms with E-state index in [1.807, 2.05) is 43.3 Å². The molecule has 1 fully saturated rings. The number of carbonyl (C=O) groups is 3. The minimum absolute atomic E-state index is 0.0231. The molecule has 1 aliphatic rings. The van der Waals surface area contributed by atoms with Crippen LogP contribution < -0.4 is 9.47 Å². The van der Waals surface area contributed by atoms with Gasteiger partial charge in [-0.1, -0.05) is 101 Å². The van der Waals surface area contributed by atoms with E-state index in [1.165, 1.54) is 51.4 Å². The smallest absolute Gasteiger partial charge is 0.343 e. The molecule has 0 aliphatic heterocycles. The first kappa shape index (κ1) is 39.7. The van der Waals surface area contributed by atoms with Gasteiger partial charge in [-0.05, 0) is 99.4 Å². The Labute approximate surface area is 305 Å². The Hall–Kier alpha value is -4.13. The van der Waals surface area contributed by atoms with E-state index in [1.54, 1.807) is 36.4 Å². The second kappa shape index (κ2) is 22.6. The summed E-state index contributed by atoms with van der Waals surface area (Å²) in [7, 11) is 0. The van der Waals surface area contributed by atoms with Gasteiger partial charge in [-0.25, -0.2) is 9.59 Å². The van der Waals surface area contributed by atoms with E-state index in [9.17, 15) is 14.4 Å². The zero-order valence-corrected chi connectivity index (χ0v) is 30.9. The van der Waals surface area contributed by atoms with Crippen LogP contribution in [-0.4, -0.2) is 37.2 Å². The molecule has 0 bridgehead atoms. The van der Waals surface area contributed by atoms with Gasteiger partial charge in [0.1, 0.15) is 11.5 Å². The molecule has 0 saturated heterocycles. The molecule has 0 spiro atoms. The van der Waals surface area contributed by atoms with E-state index < -0.39 is 5.97 Å². The third-order valence-corrected chi connectivity index (χ3v) is 9.34. The van der Waals surface area contributed by atoms with Crippen molar-refractivity contribution < 1.29 is 33.3 Å². The Balaban J connectivity index is 1.18. The second-order valence-electron chi connectivity index (χ2n) is 14.0. The Morgan fingerprint density at radius 2 is 1.31 bits per heavy atom. The van der Waals surface area contributed by atoms with Gasteiger partial charge in [-0.3, -0.25) is 4.79 Å². The van der Waals surface area contributed by atoms with Crippen LogP contribution in [0, 0.1) is 5.92 Å². The van der Waals surface area contributed by atoms with Gasteiger partial charge in [0.2, 0.25) is 0 Å². The Bertz CT molecular complexity index is 1460. The summed E-state index contributed by atoms with van der Waals surface area (Å²) in [4.78, 5) is 37.4. The second-order valence-corrected chi connectivity index (χ2v) is 14.0. The van der Waals surface area contributed by atoms with Crippen LogP contribution in [0.2, 0.25) is 0 Å². The predicted molar refractivity (Wildman–Crippen MR) is 202 cm³/mol. The molecule has 0 radical (unpaired) electrons. The van der Waals surface area contributed by atoms with Crippen molar-refractivity contribution in [3.05, 3.63) is 83.9 Å². The number of unbranched alkanes of at least 4 members (excludes halogenated alkanes) is 11. The van der Waals surface area contributed by atoms with E-state index in [4.69, 9.17) is 18.9 Å². The van der Waals surface area contributed by atoms with E-state index in [-0.39, 0.29) is 18.0 Å². The van der Waals surface area contributed by atoms with Crippen LogP contribution in [0.1, 0.15) is 144 Å². The molecule has 0 aromatic heterocycles.